The summed E-state index contributed by atoms with van der Waals surface area (Å²) in [6, 6.07) is 12.7. The van der Waals surface area contributed by atoms with Crippen LogP contribution in [0.1, 0.15) is 36.7 Å². The van der Waals surface area contributed by atoms with E-state index in [1.807, 2.05) is 30.7 Å². The van der Waals surface area contributed by atoms with Gasteiger partial charge in [-0.15, -0.1) is 22.7 Å². The van der Waals surface area contributed by atoms with Gasteiger partial charge in [0.15, 0.2) is 0 Å². The number of rotatable bonds is 5. The highest BCUT2D eigenvalue weighted by atomic mass is 32.1. The fourth-order valence-corrected chi connectivity index (χ4v) is 5.18. The van der Waals surface area contributed by atoms with Crippen molar-refractivity contribution < 1.29 is 27.9 Å². The predicted molar refractivity (Wildman–Crippen MR) is 126 cm³/mol. The van der Waals surface area contributed by atoms with Gasteiger partial charge in [-0.3, -0.25) is 4.79 Å². The molecule has 182 valence electrons. The van der Waals surface area contributed by atoms with Gasteiger partial charge < -0.3 is 15.7 Å². The van der Waals surface area contributed by atoms with E-state index in [1.165, 1.54) is 11.1 Å². The summed E-state index contributed by atoms with van der Waals surface area (Å²) < 4.78 is 31.7. The lowest BCUT2D eigenvalue weighted by Crippen LogP contribution is -2.45. The van der Waals surface area contributed by atoms with E-state index in [2.05, 4.69) is 41.0 Å². The number of carboxylic acids is 1. The lowest BCUT2D eigenvalue weighted by molar-refractivity contribution is -0.192. The number of thiazole rings is 1. The summed E-state index contributed by atoms with van der Waals surface area (Å²) in [5.74, 6) is -2.75. The Labute approximate surface area is 202 Å². The third kappa shape index (κ3) is 6.22. The molecule has 0 bridgehead atoms. The maximum atomic E-state index is 12.9. The molecule has 34 heavy (non-hydrogen) atoms. The molecule has 1 unspecified atom stereocenters. The van der Waals surface area contributed by atoms with Crippen LogP contribution < -0.4 is 10.6 Å². The lowest BCUT2D eigenvalue weighted by atomic mass is 9.88. The first kappa shape index (κ1) is 25.9. The first-order valence-electron chi connectivity index (χ1n) is 10.4. The van der Waals surface area contributed by atoms with E-state index in [4.69, 9.17) is 14.9 Å². The van der Waals surface area contributed by atoms with E-state index in [9.17, 15) is 18.0 Å². The largest absolute Gasteiger partial charge is 0.490 e. The van der Waals surface area contributed by atoms with E-state index in [0.717, 1.165) is 28.5 Å². The van der Waals surface area contributed by atoms with Crippen LogP contribution in [0.4, 0.5) is 13.2 Å². The molecular weight excluding hydrogens is 487 g/mol. The number of hydrogen-bond acceptors (Lipinski definition) is 6. The normalized spacial score (nSPS) is 15.6. The van der Waals surface area contributed by atoms with E-state index in [1.54, 1.807) is 22.7 Å². The number of fused-ring (bicyclic) bond motifs is 1. The number of hydrogen-bond donors (Lipinski definition) is 3. The molecule has 6 nitrogen and oxygen atoms in total. The van der Waals surface area contributed by atoms with E-state index in [0.29, 0.717) is 6.54 Å². The summed E-state index contributed by atoms with van der Waals surface area (Å²) in [5, 5.41) is 18.8. The number of carbonyl (C=O) groups excluding carboxylic acids is 1. The Bertz CT molecular complexity index is 1130. The van der Waals surface area contributed by atoms with Crippen LogP contribution in [0.3, 0.4) is 0 Å². The molecule has 1 aliphatic heterocycles. The lowest BCUT2D eigenvalue weighted by Gasteiger charge is -2.29. The van der Waals surface area contributed by atoms with Gasteiger partial charge in [0.25, 0.3) is 0 Å². The Balaban J connectivity index is 0.000000406. The highest BCUT2D eigenvalue weighted by Gasteiger charge is 2.38. The molecule has 3 heterocycles. The zero-order valence-electron chi connectivity index (χ0n) is 18.5. The molecule has 11 heteroatoms. The summed E-state index contributed by atoms with van der Waals surface area (Å²) in [6.07, 6.45) is -4.05. The van der Waals surface area contributed by atoms with Gasteiger partial charge in [0.05, 0.1) is 16.0 Å². The number of halogens is 3. The topological polar surface area (TPSA) is 91.3 Å². The molecule has 2 aromatic heterocycles. The van der Waals surface area contributed by atoms with Crippen LogP contribution >= 0.6 is 22.7 Å². The van der Waals surface area contributed by atoms with Crippen molar-refractivity contribution in [1.29, 1.82) is 0 Å². The molecule has 0 radical (unpaired) electrons. The average molecular weight is 512 g/mol. The minimum atomic E-state index is -5.08. The first-order chi connectivity index (χ1) is 16.0. The number of aliphatic carboxylic acids is 1. The molecule has 3 aromatic rings. The van der Waals surface area contributed by atoms with Crippen LogP contribution in [0.2, 0.25) is 0 Å². The second-order valence-electron chi connectivity index (χ2n) is 8.11. The summed E-state index contributed by atoms with van der Waals surface area (Å²) in [4.78, 5) is 27.7. The third-order valence-electron chi connectivity index (χ3n) is 5.37. The molecule has 1 atom stereocenters. The monoisotopic (exact) mass is 511 g/mol. The molecule has 1 amide bonds. The van der Waals surface area contributed by atoms with Crippen molar-refractivity contribution in [1.82, 2.24) is 15.6 Å². The van der Waals surface area contributed by atoms with Gasteiger partial charge in [-0.2, -0.15) is 13.2 Å². The number of nitrogens with one attached hydrogen (secondary N) is 2. The van der Waals surface area contributed by atoms with E-state index in [-0.39, 0.29) is 11.9 Å². The third-order valence-corrected chi connectivity index (χ3v) is 7.25. The second kappa shape index (κ2) is 10.7. The molecule has 0 fully saturated rings. The van der Waals surface area contributed by atoms with Gasteiger partial charge in [0.1, 0.15) is 5.01 Å². The predicted octanol–water partition coefficient (Wildman–Crippen LogP) is 4.79. The van der Waals surface area contributed by atoms with Gasteiger partial charge in [-0.25, -0.2) is 9.78 Å². The number of carbonyl (C=O) groups is 2. The van der Waals surface area contributed by atoms with Crippen molar-refractivity contribution in [3.63, 3.8) is 0 Å². The van der Waals surface area contributed by atoms with Crippen molar-refractivity contribution in [2.75, 3.05) is 13.1 Å². The van der Waals surface area contributed by atoms with Crippen molar-refractivity contribution in [3.05, 3.63) is 64.0 Å². The van der Waals surface area contributed by atoms with Gasteiger partial charge >= 0.3 is 12.1 Å². The fraction of sp³-hybridized carbons (Fsp3) is 0.348. The van der Waals surface area contributed by atoms with E-state index >= 15 is 0 Å². The quantitative estimate of drug-likeness (QED) is 0.458. The average Bonchev–Trinajstić information content (AvgIpc) is 3.49. The van der Waals surface area contributed by atoms with Crippen molar-refractivity contribution in [2.24, 2.45) is 0 Å². The number of amides is 1. The maximum Gasteiger partial charge on any atom is 0.490 e. The molecular formula is C23H24F3N3O3S2. The van der Waals surface area contributed by atoms with Crippen LogP contribution in [-0.4, -0.2) is 41.2 Å². The summed E-state index contributed by atoms with van der Waals surface area (Å²) in [7, 11) is 0. The van der Waals surface area contributed by atoms with Crippen LogP contribution in [0.5, 0.6) is 0 Å². The maximum absolute atomic E-state index is 12.9. The van der Waals surface area contributed by atoms with Gasteiger partial charge in [0.2, 0.25) is 5.91 Å². The van der Waals surface area contributed by atoms with Crippen LogP contribution in [0.15, 0.2) is 47.2 Å². The van der Waals surface area contributed by atoms with Gasteiger partial charge in [-0.1, -0.05) is 30.3 Å². The molecule has 0 aliphatic carbocycles. The molecule has 4 rings (SSSR count). The number of benzene rings is 1. The number of carboxylic acid groups (broad SMARTS) is 1. The van der Waals surface area contributed by atoms with Gasteiger partial charge in [0, 0.05) is 18.0 Å². The number of alkyl halides is 3. The Morgan fingerprint density at radius 3 is 2.53 bits per heavy atom. The minimum absolute atomic E-state index is 0.00961. The second-order valence-corrected chi connectivity index (χ2v) is 9.91. The van der Waals surface area contributed by atoms with E-state index < -0.39 is 17.6 Å². The Kier molecular flexibility index (Phi) is 8.11. The first-order valence-corrected chi connectivity index (χ1v) is 12.2. The Morgan fingerprint density at radius 2 is 1.88 bits per heavy atom. The number of aromatic nitrogens is 1. The standard InChI is InChI=1S/C21H23N3OS2.C2HF3O2/c1-21(2,18-13-27-19(24-18)17-8-5-11-26-17)20(25)23-12-16-15-7-4-3-6-14(15)9-10-22-16;3-2(4,5)1(6)7/h3-8,11,13,16,22H,9-10,12H2,1-2H3,(H,23,25);(H,6,7). The Morgan fingerprint density at radius 1 is 1.18 bits per heavy atom. The highest BCUT2D eigenvalue weighted by Crippen LogP contribution is 2.32. The number of thiophene rings is 1. The highest BCUT2D eigenvalue weighted by molar-refractivity contribution is 7.20. The Hall–Kier alpha value is -2.76. The summed E-state index contributed by atoms with van der Waals surface area (Å²) >= 11 is 3.27. The van der Waals surface area contributed by atoms with Crippen LogP contribution in [-0.2, 0) is 21.4 Å². The van der Waals surface area contributed by atoms with Crippen molar-refractivity contribution >= 4 is 34.6 Å². The summed E-state index contributed by atoms with van der Waals surface area (Å²) in [5.41, 5.74) is 2.82. The molecule has 1 aromatic carbocycles. The van der Waals surface area contributed by atoms with Gasteiger partial charge in [-0.05, 0) is 49.4 Å². The SMILES string of the molecule is CC(C)(C(=O)NCC1NCCc2ccccc21)c1csc(-c2cccs2)n1.O=C(O)C(F)(F)F. The zero-order chi connectivity index (χ0) is 24.9. The van der Waals surface area contributed by atoms with Crippen LogP contribution in [0.25, 0.3) is 9.88 Å². The molecule has 3 N–H and O–H groups in total. The molecule has 0 saturated heterocycles. The van der Waals surface area contributed by atoms with Crippen LogP contribution in [0, 0.1) is 0 Å². The minimum Gasteiger partial charge on any atom is -0.475 e. The van der Waals surface area contributed by atoms with Crippen molar-refractivity contribution in [2.45, 2.75) is 37.9 Å². The zero-order valence-corrected chi connectivity index (χ0v) is 20.1. The fourth-order valence-electron chi connectivity index (χ4n) is 3.38. The molecule has 0 saturated carbocycles. The van der Waals surface area contributed by atoms with Crippen molar-refractivity contribution in [3.8, 4) is 9.88 Å². The molecule has 1 aliphatic rings. The molecule has 0 spiro atoms. The number of nitrogens with zero attached hydrogens (tertiary/aromatic N) is 1. The summed E-state index contributed by atoms with van der Waals surface area (Å²) in [6.45, 7) is 5.41. The smallest absolute Gasteiger partial charge is 0.475 e.